The number of aromatic amines is 1. The maximum Gasteiger partial charge on any atom is 0.280 e. The van der Waals surface area contributed by atoms with E-state index in [4.69, 9.17) is 10.5 Å². The van der Waals surface area contributed by atoms with Crippen molar-refractivity contribution in [3.05, 3.63) is 16.7 Å². The first-order valence-electron chi connectivity index (χ1n) is 5.87. The predicted octanol–water partition coefficient (Wildman–Crippen LogP) is -2.69. The zero-order valence-corrected chi connectivity index (χ0v) is 10.2. The Bertz CT molecular complexity index is 697. The summed E-state index contributed by atoms with van der Waals surface area (Å²) in [4.78, 5) is 21.8. The molecule has 0 saturated carbocycles. The van der Waals surface area contributed by atoms with Crippen LogP contribution in [0.1, 0.15) is 6.23 Å². The number of H-pyrrole nitrogens is 1. The van der Waals surface area contributed by atoms with Crippen molar-refractivity contribution < 1.29 is 20.1 Å². The number of hydrogen-bond acceptors (Lipinski definition) is 8. The lowest BCUT2D eigenvalue weighted by Gasteiger charge is -2.35. The third-order valence-corrected chi connectivity index (χ3v) is 3.20. The van der Waals surface area contributed by atoms with Gasteiger partial charge in [0.1, 0.15) is 18.3 Å². The third-order valence-electron chi connectivity index (χ3n) is 3.20. The fourth-order valence-electron chi connectivity index (χ4n) is 2.16. The summed E-state index contributed by atoms with van der Waals surface area (Å²) in [6.07, 6.45) is -3.71. The van der Waals surface area contributed by atoms with Gasteiger partial charge in [-0.15, -0.1) is 0 Å². The molecule has 4 atom stereocenters. The fraction of sp³-hybridized carbons (Fsp3) is 0.500. The van der Waals surface area contributed by atoms with Gasteiger partial charge in [0.2, 0.25) is 5.95 Å². The Labute approximate surface area is 111 Å². The van der Waals surface area contributed by atoms with Gasteiger partial charge in [-0.1, -0.05) is 0 Å². The number of fused-ring (bicyclic) bond motifs is 1. The molecule has 2 aromatic rings. The topological polar surface area (TPSA) is 160 Å². The number of aliphatic hydroxyl groups excluding tert-OH is 3. The Morgan fingerprint density at radius 3 is 2.90 bits per heavy atom. The first-order chi connectivity index (χ1) is 9.49. The molecule has 2 aromatic heterocycles. The van der Waals surface area contributed by atoms with Gasteiger partial charge in [0.25, 0.3) is 5.56 Å². The van der Waals surface area contributed by atoms with E-state index in [9.17, 15) is 20.1 Å². The molecular formula is C10H13N5O5. The van der Waals surface area contributed by atoms with Crippen LogP contribution in [0, 0.1) is 0 Å². The lowest BCUT2D eigenvalue weighted by atomic mass is 10.0. The van der Waals surface area contributed by atoms with Crippen LogP contribution in [0.2, 0.25) is 0 Å². The number of aliphatic hydroxyl groups is 3. The van der Waals surface area contributed by atoms with Gasteiger partial charge in [0.05, 0.1) is 12.9 Å². The molecule has 0 radical (unpaired) electrons. The van der Waals surface area contributed by atoms with E-state index in [2.05, 4.69) is 15.0 Å². The lowest BCUT2D eigenvalue weighted by molar-refractivity contribution is -0.210. The SMILES string of the molecule is Nc1nc2c(ncn2[C@H]2OC[C@@H](O)[C@@H](O)[C@H]2O)c(=O)[nH]1. The number of nitrogens with two attached hydrogens (primary N) is 1. The van der Waals surface area contributed by atoms with Crippen molar-refractivity contribution in [1.29, 1.82) is 0 Å². The third kappa shape index (κ3) is 1.86. The number of rotatable bonds is 1. The molecule has 0 aromatic carbocycles. The van der Waals surface area contributed by atoms with Crippen molar-refractivity contribution in [1.82, 2.24) is 19.5 Å². The molecule has 0 bridgehead atoms. The molecule has 10 heteroatoms. The van der Waals surface area contributed by atoms with Crippen molar-refractivity contribution in [2.45, 2.75) is 24.5 Å². The van der Waals surface area contributed by atoms with E-state index in [0.717, 1.165) is 0 Å². The van der Waals surface area contributed by atoms with Crippen LogP contribution < -0.4 is 11.3 Å². The quantitative estimate of drug-likeness (QED) is 0.378. The standard InChI is InChI=1S/C10H13N5O5/c11-10-13-7-4(8(19)14-10)12-2-15(7)9-6(18)5(17)3(16)1-20-9/h2-3,5-6,9,16-18H,1H2,(H3,11,13,14,19)/t3-,5-,6-,9+/m1/s1. The van der Waals surface area contributed by atoms with Crippen LogP contribution in [-0.4, -0.2) is 59.8 Å². The van der Waals surface area contributed by atoms with Gasteiger partial charge in [-0.2, -0.15) is 4.98 Å². The van der Waals surface area contributed by atoms with Crippen LogP contribution in [-0.2, 0) is 4.74 Å². The van der Waals surface area contributed by atoms with Gasteiger partial charge in [-0.05, 0) is 0 Å². The number of hydrogen-bond donors (Lipinski definition) is 5. The number of nitrogens with one attached hydrogen (secondary N) is 1. The molecule has 1 aliphatic heterocycles. The van der Waals surface area contributed by atoms with Gasteiger partial charge in [0, 0.05) is 0 Å². The number of anilines is 1. The summed E-state index contributed by atoms with van der Waals surface area (Å²) in [7, 11) is 0. The summed E-state index contributed by atoms with van der Waals surface area (Å²) in [5.41, 5.74) is 5.11. The van der Waals surface area contributed by atoms with E-state index >= 15 is 0 Å². The zero-order valence-electron chi connectivity index (χ0n) is 10.2. The maximum absolute atomic E-state index is 11.6. The minimum absolute atomic E-state index is 0.0376. The molecule has 108 valence electrons. The van der Waals surface area contributed by atoms with Crippen LogP contribution in [0.5, 0.6) is 0 Å². The molecule has 10 nitrogen and oxygen atoms in total. The van der Waals surface area contributed by atoms with Crippen molar-refractivity contribution in [2.75, 3.05) is 12.3 Å². The Balaban J connectivity index is 2.09. The highest BCUT2D eigenvalue weighted by Gasteiger charge is 2.39. The van der Waals surface area contributed by atoms with E-state index in [1.165, 1.54) is 10.9 Å². The average Bonchev–Trinajstić information content (AvgIpc) is 2.80. The molecule has 0 amide bonds. The van der Waals surface area contributed by atoms with Crippen LogP contribution in [0.25, 0.3) is 11.2 Å². The molecule has 1 fully saturated rings. The highest BCUT2D eigenvalue weighted by molar-refractivity contribution is 5.70. The number of nitrogen functional groups attached to an aromatic ring is 1. The molecule has 3 rings (SSSR count). The molecule has 20 heavy (non-hydrogen) atoms. The Morgan fingerprint density at radius 2 is 2.15 bits per heavy atom. The van der Waals surface area contributed by atoms with Gasteiger partial charge < -0.3 is 25.8 Å². The highest BCUT2D eigenvalue weighted by Crippen LogP contribution is 2.26. The molecule has 0 unspecified atom stereocenters. The van der Waals surface area contributed by atoms with Crippen LogP contribution >= 0.6 is 0 Å². The van der Waals surface area contributed by atoms with Crippen LogP contribution in [0.15, 0.2) is 11.1 Å². The normalized spacial score (nSPS) is 30.8. The van der Waals surface area contributed by atoms with Crippen molar-refractivity contribution in [3.63, 3.8) is 0 Å². The minimum Gasteiger partial charge on any atom is -0.388 e. The number of aromatic nitrogens is 4. The number of nitrogens with zero attached hydrogens (tertiary/aromatic N) is 3. The predicted molar refractivity (Wildman–Crippen MR) is 65.6 cm³/mol. The fourth-order valence-corrected chi connectivity index (χ4v) is 2.16. The van der Waals surface area contributed by atoms with E-state index < -0.39 is 30.1 Å². The summed E-state index contributed by atoms with van der Waals surface area (Å²) in [5, 5.41) is 29.0. The second kappa shape index (κ2) is 4.52. The Hall–Kier alpha value is -2.01. The summed E-state index contributed by atoms with van der Waals surface area (Å²) in [6, 6.07) is 0. The van der Waals surface area contributed by atoms with E-state index in [-0.39, 0.29) is 23.7 Å². The summed E-state index contributed by atoms with van der Waals surface area (Å²) in [5.74, 6) is -0.102. The van der Waals surface area contributed by atoms with Crippen molar-refractivity contribution in [2.24, 2.45) is 0 Å². The Kier molecular flexibility index (Phi) is 2.94. The van der Waals surface area contributed by atoms with Crippen molar-refractivity contribution >= 4 is 17.1 Å². The molecule has 1 saturated heterocycles. The molecule has 3 heterocycles. The molecule has 6 N–H and O–H groups in total. The zero-order chi connectivity index (χ0) is 14.4. The minimum atomic E-state index is -1.39. The number of ether oxygens (including phenoxy) is 1. The van der Waals surface area contributed by atoms with E-state index in [0.29, 0.717) is 0 Å². The number of imidazole rings is 1. The van der Waals surface area contributed by atoms with Gasteiger partial charge in [0.15, 0.2) is 17.4 Å². The van der Waals surface area contributed by atoms with E-state index in [1.54, 1.807) is 0 Å². The Morgan fingerprint density at radius 1 is 1.40 bits per heavy atom. The maximum atomic E-state index is 11.6. The first kappa shape index (κ1) is 13.0. The van der Waals surface area contributed by atoms with Gasteiger partial charge in [-0.3, -0.25) is 14.3 Å². The highest BCUT2D eigenvalue weighted by atomic mass is 16.5. The summed E-state index contributed by atoms with van der Waals surface area (Å²) < 4.78 is 6.57. The van der Waals surface area contributed by atoms with Crippen LogP contribution in [0.4, 0.5) is 5.95 Å². The molecular weight excluding hydrogens is 270 g/mol. The van der Waals surface area contributed by atoms with Gasteiger partial charge >= 0.3 is 0 Å². The molecule has 0 aliphatic carbocycles. The van der Waals surface area contributed by atoms with Gasteiger partial charge in [-0.25, -0.2) is 4.98 Å². The van der Waals surface area contributed by atoms with Crippen molar-refractivity contribution in [3.8, 4) is 0 Å². The summed E-state index contributed by atoms with van der Waals surface area (Å²) >= 11 is 0. The van der Waals surface area contributed by atoms with Crippen LogP contribution in [0.3, 0.4) is 0 Å². The molecule has 0 spiro atoms. The largest absolute Gasteiger partial charge is 0.388 e. The average molecular weight is 283 g/mol. The second-order valence-corrected chi connectivity index (χ2v) is 4.55. The van der Waals surface area contributed by atoms with E-state index in [1.807, 2.05) is 0 Å². The second-order valence-electron chi connectivity index (χ2n) is 4.55. The monoisotopic (exact) mass is 283 g/mol. The smallest absolute Gasteiger partial charge is 0.280 e. The molecule has 1 aliphatic rings. The lowest BCUT2D eigenvalue weighted by Crippen LogP contribution is -2.50. The first-order valence-corrected chi connectivity index (χ1v) is 5.87. The summed E-state index contributed by atoms with van der Waals surface area (Å²) in [6.45, 7) is -0.165.